The summed E-state index contributed by atoms with van der Waals surface area (Å²) in [6.45, 7) is 3.46. The van der Waals surface area contributed by atoms with Crippen LogP contribution >= 0.6 is 0 Å². The maximum atomic E-state index is 13.5. The lowest BCUT2D eigenvalue weighted by molar-refractivity contribution is -0.137. The van der Waals surface area contributed by atoms with Crippen molar-refractivity contribution in [3.8, 4) is 34.0 Å². The summed E-state index contributed by atoms with van der Waals surface area (Å²) in [5.74, 6) is -0.318. The molecule has 2 N–H and O–H groups in total. The molecule has 1 heterocycles. The Morgan fingerprint density at radius 1 is 1.03 bits per heavy atom. The summed E-state index contributed by atoms with van der Waals surface area (Å²) in [5.41, 5.74) is 2.76. The summed E-state index contributed by atoms with van der Waals surface area (Å²) in [6, 6.07) is 17.7. The molecule has 0 aliphatic heterocycles. The van der Waals surface area contributed by atoms with Crippen LogP contribution in [0, 0.1) is 6.92 Å². The number of rotatable bonds is 7. The number of carbonyl (C=O) groups is 1. The van der Waals surface area contributed by atoms with Crippen molar-refractivity contribution in [2.24, 2.45) is 0 Å². The summed E-state index contributed by atoms with van der Waals surface area (Å²) in [4.78, 5) is 15.2. The van der Waals surface area contributed by atoms with Crippen molar-refractivity contribution in [3.05, 3.63) is 83.4 Å². The minimum absolute atomic E-state index is 0.113. The van der Waals surface area contributed by atoms with Crippen molar-refractivity contribution >= 4 is 5.97 Å². The van der Waals surface area contributed by atoms with Crippen LogP contribution < -0.4 is 5.32 Å². The summed E-state index contributed by atoms with van der Waals surface area (Å²) >= 11 is 0. The van der Waals surface area contributed by atoms with Gasteiger partial charge in [0.25, 0.3) is 5.89 Å². The number of nitrogens with zero attached hydrogens (tertiary/aromatic N) is 2. The van der Waals surface area contributed by atoms with E-state index < -0.39 is 17.7 Å². The largest absolute Gasteiger partial charge is 0.480 e. The molecule has 0 amide bonds. The monoisotopic (exact) mass is 481 g/mol. The van der Waals surface area contributed by atoms with Crippen LogP contribution in [0.15, 0.2) is 71.3 Å². The van der Waals surface area contributed by atoms with Crippen molar-refractivity contribution < 1.29 is 27.6 Å². The van der Waals surface area contributed by atoms with E-state index in [0.29, 0.717) is 28.1 Å². The quantitative estimate of drug-likeness (QED) is 0.330. The van der Waals surface area contributed by atoms with E-state index in [9.17, 15) is 18.0 Å². The molecule has 6 nitrogen and oxygen atoms in total. The molecule has 0 saturated carbocycles. The van der Waals surface area contributed by atoms with Crippen molar-refractivity contribution in [1.82, 2.24) is 15.5 Å². The minimum Gasteiger partial charge on any atom is -0.480 e. The van der Waals surface area contributed by atoms with Gasteiger partial charge in [0.1, 0.15) is 0 Å². The Hall–Kier alpha value is -3.98. The van der Waals surface area contributed by atoms with Gasteiger partial charge in [-0.25, -0.2) is 0 Å². The van der Waals surface area contributed by atoms with E-state index in [4.69, 9.17) is 9.63 Å². The molecule has 0 unspecified atom stereocenters. The highest BCUT2D eigenvalue weighted by Gasteiger charge is 2.33. The lowest BCUT2D eigenvalue weighted by atomic mass is 9.94. The fourth-order valence-electron chi connectivity index (χ4n) is 3.80. The molecule has 0 bridgehead atoms. The first-order valence-corrected chi connectivity index (χ1v) is 10.8. The van der Waals surface area contributed by atoms with Crippen LogP contribution in [0.2, 0.25) is 0 Å². The predicted octanol–water partition coefficient (Wildman–Crippen LogP) is 6.13. The van der Waals surface area contributed by atoms with Crippen LogP contribution in [-0.4, -0.2) is 27.8 Å². The van der Waals surface area contributed by atoms with Gasteiger partial charge < -0.3 is 14.9 Å². The van der Waals surface area contributed by atoms with Crippen molar-refractivity contribution in [3.63, 3.8) is 0 Å². The minimum atomic E-state index is -4.46. The van der Waals surface area contributed by atoms with Crippen molar-refractivity contribution in [1.29, 1.82) is 0 Å². The number of carboxylic acid groups (broad SMARTS) is 1. The second-order valence-electron chi connectivity index (χ2n) is 8.11. The molecule has 4 rings (SSSR count). The molecular formula is C26H22F3N3O3. The van der Waals surface area contributed by atoms with E-state index in [2.05, 4.69) is 15.5 Å². The number of hydrogen-bond acceptors (Lipinski definition) is 5. The Labute approximate surface area is 199 Å². The lowest BCUT2D eigenvalue weighted by Crippen LogP contribution is -2.25. The van der Waals surface area contributed by atoms with Crippen LogP contribution in [0.1, 0.15) is 29.7 Å². The molecule has 9 heteroatoms. The summed E-state index contributed by atoms with van der Waals surface area (Å²) in [7, 11) is 0. The van der Waals surface area contributed by atoms with E-state index in [1.807, 2.05) is 31.2 Å². The van der Waals surface area contributed by atoms with Gasteiger partial charge in [-0.1, -0.05) is 53.7 Å². The van der Waals surface area contributed by atoms with Gasteiger partial charge >= 0.3 is 12.1 Å². The van der Waals surface area contributed by atoms with Crippen molar-refractivity contribution in [2.75, 3.05) is 6.54 Å². The van der Waals surface area contributed by atoms with Gasteiger partial charge in [-0.3, -0.25) is 4.79 Å². The molecule has 0 saturated heterocycles. The first kappa shape index (κ1) is 24.2. The molecule has 0 radical (unpaired) electrons. The van der Waals surface area contributed by atoms with Gasteiger partial charge in [0.05, 0.1) is 12.1 Å². The molecule has 3 aromatic carbocycles. The molecular weight excluding hydrogens is 459 g/mol. The van der Waals surface area contributed by atoms with E-state index in [0.717, 1.165) is 11.6 Å². The zero-order valence-corrected chi connectivity index (χ0v) is 18.9. The SMILES string of the molecule is Cc1cc(-c2nc(-c3ccc([C@@H](C)NCC(=O)O)cc3)no2)ccc1-c1ccccc1C(F)(F)F. The van der Waals surface area contributed by atoms with E-state index >= 15 is 0 Å². The molecule has 1 aromatic heterocycles. The average molecular weight is 481 g/mol. The number of carboxylic acids is 1. The Kier molecular flexibility index (Phi) is 6.70. The number of hydrogen-bond donors (Lipinski definition) is 2. The summed E-state index contributed by atoms with van der Waals surface area (Å²) in [6.07, 6.45) is -4.46. The fourth-order valence-corrected chi connectivity index (χ4v) is 3.80. The van der Waals surface area contributed by atoms with Crippen LogP contribution in [0.4, 0.5) is 13.2 Å². The second-order valence-corrected chi connectivity index (χ2v) is 8.11. The third-order valence-electron chi connectivity index (χ3n) is 5.65. The predicted molar refractivity (Wildman–Crippen MR) is 124 cm³/mol. The Bertz CT molecular complexity index is 1350. The highest BCUT2D eigenvalue weighted by Crippen LogP contribution is 2.38. The highest BCUT2D eigenvalue weighted by molar-refractivity contribution is 5.74. The van der Waals surface area contributed by atoms with Gasteiger partial charge in [0.2, 0.25) is 5.82 Å². The molecule has 180 valence electrons. The normalized spacial score (nSPS) is 12.5. The standard InChI is InChI=1S/C26H22F3N3O3/c1-15-13-19(11-12-20(15)21-5-3-4-6-22(21)26(27,28)29)25-31-24(32-35-25)18-9-7-17(8-10-18)16(2)30-14-23(33)34/h3-13,16,30H,14H2,1-2H3,(H,33,34)/t16-/m1/s1. The summed E-state index contributed by atoms with van der Waals surface area (Å²) < 4.78 is 45.8. The zero-order chi connectivity index (χ0) is 25.2. The van der Waals surface area contributed by atoms with Crippen LogP contribution in [0.5, 0.6) is 0 Å². The molecule has 0 fully saturated rings. The third kappa shape index (κ3) is 5.41. The maximum Gasteiger partial charge on any atom is 0.417 e. The van der Waals surface area contributed by atoms with Crippen LogP contribution in [-0.2, 0) is 11.0 Å². The zero-order valence-electron chi connectivity index (χ0n) is 18.9. The van der Waals surface area contributed by atoms with Gasteiger partial charge in [0.15, 0.2) is 0 Å². The number of aliphatic carboxylic acids is 1. The molecule has 4 aromatic rings. The smallest absolute Gasteiger partial charge is 0.417 e. The molecule has 35 heavy (non-hydrogen) atoms. The van der Waals surface area contributed by atoms with E-state index in [1.54, 1.807) is 31.2 Å². The first-order chi connectivity index (χ1) is 16.6. The average Bonchev–Trinajstić information content (AvgIpc) is 3.32. The van der Waals surface area contributed by atoms with Gasteiger partial charge in [-0.15, -0.1) is 0 Å². The van der Waals surface area contributed by atoms with E-state index in [-0.39, 0.29) is 24.0 Å². The lowest BCUT2D eigenvalue weighted by Gasteiger charge is -2.14. The Morgan fingerprint density at radius 3 is 2.37 bits per heavy atom. The number of aryl methyl sites for hydroxylation is 1. The topological polar surface area (TPSA) is 88.2 Å². The van der Waals surface area contributed by atoms with Gasteiger partial charge in [-0.05, 0) is 54.3 Å². The molecule has 0 aliphatic carbocycles. The number of aromatic nitrogens is 2. The maximum absolute atomic E-state index is 13.5. The molecule has 0 aliphatic rings. The number of nitrogens with one attached hydrogen (secondary N) is 1. The number of halogens is 3. The highest BCUT2D eigenvalue weighted by atomic mass is 19.4. The van der Waals surface area contributed by atoms with Crippen molar-refractivity contribution in [2.45, 2.75) is 26.1 Å². The third-order valence-corrected chi connectivity index (χ3v) is 5.65. The van der Waals surface area contributed by atoms with Crippen LogP contribution in [0.25, 0.3) is 34.0 Å². The Balaban J connectivity index is 1.56. The van der Waals surface area contributed by atoms with Gasteiger partial charge in [-0.2, -0.15) is 18.2 Å². The summed E-state index contributed by atoms with van der Waals surface area (Å²) in [5, 5.41) is 15.7. The van der Waals surface area contributed by atoms with E-state index in [1.165, 1.54) is 12.1 Å². The first-order valence-electron chi connectivity index (χ1n) is 10.8. The molecule has 1 atom stereocenters. The fraction of sp³-hybridized carbons (Fsp3) is 0.192. The van der Waals surface area contributed by atoms with Crippen LogP contribution in [0.3, 0.4) is 0 Å². The second kappa shape index (κ2) is 9.71. The van der Waals surface area contributed by atoms with Gasteiger partial charge in [0, 0.05) is 17.2 Å². The number of benzene rings is 3. The number of alkyl halides is 3. The Morgan fingerprint density at radius 2 is 1.71 bits per heavy atom. The molecule has 0 spiro atoms.